The second-order valence-corrected chi connectivity index (χ2v) is 6.07. The molecular formula is C20H28O5. The monoisotopic (exact) mass is 348 g/mol. The molecule has 0 atom stereocenters. The number of rotatable bonds is 10. The summed E-state index contributed by atoms with van der Waals surface area (Å²) < 4.78 is 10.8. The summed E-state index contributed by atoms with van der Waals surface area (Å²) in [4.78, 5) is 37.0. The lowest BCUT2D eigenvalue weighted by molar-refractivity contribution is -0.168. The SMILES string of the molecule is CCCCCOC(=O)C(CC)(CC)C(=O)Oc1ccccc1C(C)=O. The van der Waals surface area contributed by atoms with Crippen molar-refractivity contribution in [1.29, 1.82) is 0 Å². The molecule has 0 N–H and O–H groups in total. The molecule has 0 aliphatic heterocycles. The first-order valence-electron chi connectivity index (χ1n) is 8.92. The number of ether oxygens (including phenoxy) is 2. The number of unbranched alkanes of at least 4 members (excludes halogenated alkanes) is 2. The Balaban J connectivity index is 2.96. The van der Waals surface area contributed by atoms with Gasteiger partial charge in [-0.2, -0.15) is 0 Å². The van der Waals surface area contributed by atoms with E-state index >= 15 is 0 Å². The van der Waals surface area contributed by atoms with E-state index in [1.165, 1.54) is 6.92 Å². The van der Waals surface area contributed by atoms with Crippen molar-refractivity contribution in [2.24, 2.45) is 5.41 Å². The minimum absolute atomic E-state index is 0.171. The molecule has 0 aliphatic carbocycles. The van der Waals surface area contributed by atoms with E-state index in [2.05, 4.69) is 6.92 Å². The molecule has 0 fully saturated rings. The topological polar surface area (TPSA) is 69.7 Å². The summed E-state index contributed by atoms with van der Waals surface area (Å²) >= 11 is 0. The summed E-state index contributed by atoms with van der Waals surface area (Å²) in [5.74, 6) is -1.26. The first kappa shape index (κ1) is 20.9. The van der Waals surface area contributed by atoms with Crippen LogP contribution in [0, 0.1) is 5.41 Å². The molecule has 0 saturated heterocycles. The van der Waals surface area contributed by atoms with Crippen LogP contribution in [0.1, 0.15) is 70.2 Å². The van der Waals surface area contributed by atoms with E-state index in [0.717, 1.165) is 19.3 Å². The van der Waals surface area contributed by atoms with Crippen molar-refractivity contribution in [3.05, 3.63) is 29.8 Å². The van der Waals surface area contributed by atoms with Crippen LogP contribution in [0.2, 0.25) is 0 Å². The van der Waals surface area contributed by atoms with Gasteiger partial charge >= 0.3 is 11.9 Å². The molecule has 0 spiro atoms. The van der Waals surface area contributed by atoms with E-state index in [-0.39, 0.29) is 24.4 Å². The molecule has 0 amide bonds. The van der Waals surface area contributed by atoms with Crippen molar-refractivity contribution >= 4 is 17.7 Å². The first-order chi connectivity index (χ1) is 11.9. The third kappa shape index (κ3) is 5.15. The molecule has 25 heavy (non-hydrogen) atoms. The van der Waals surface area contributed by atoms with Crippen molar-refractivity contribution in [2.45, 2.75) is 59.8 Å². The third-order valence-electron chi connectivity index (χ3n) is 4.44. The number of hydrogen-bond donors (Lipinski definition) is 0. The molecule has 0 unspecified atom stereocenters. The summed E-state index contributed by atoms with van der Waals surface area (Å²) in [7, 11) is 0. The van der Waals surface area contributed by atoms with Gasteiger partial charge in [-0.15, -0.1) is 0 Å². The fourth-order valence-electron chi connectivity index (χ4n) is 2.61. The van der Waals surface area contributed by atoms with E-state index in [0.29, 0.717) is 12.2 Å². The molecule has 1 aromatic rings. The van der Waals surface area contributed by atoms with Crippen LogP contribution in [-0.4, -0.2) is 24.3 Å². The van der Waals surface area contributed by atoms with Gasteiger partial charge in [-0.1, -0.05) is 45.7 Å². The van der Waals surface area contributed by atoms with Crippen LogP contribution in [0.4, 0.5) is 0 Å². The predicted octanol–water partition coefficient (Wildman–Crippen LogP) is 4.33. The van der Waals surface area contributed by atoms with Crippen LogP contribution >= 0.6 is 0 Å². The number of hydrogen-bond acceptors (Lipinski definition) is 5. The highest BCUT2D eigenvalue weighted by atomic mass is 16.6. The molecule has 0 bridgehead atoms. The number of para-hydroxylation sites is 1. The lowest BCUT2D eigenvalue weighted by Crippen LogP contribution is -2.42. The minimum Gasteiger partial charge on any atom is -0.465 e. The molecule has 0 aliphatic rings. The van der Waals surface area contributed by atoms with Crippen LogP contribution in [0.25, 0.3) is 0 Å². The Kier molecular flexibility index (Phi) is 8.32. The van der Waals surface area contributed by atoms with E-state index in [9.17, 15) is 14.4 Å². The number of esters is 2. The van der Waals surface area contributed by atoms with E-state index in [1.54, 1.807) is 38.1 Å². The van der Waals surface area contributed by atoms with Gasteiger partial charge in [-0.3, -0.25) is 14.4 Å². The maximum absolute atomic E-state index is 12.8. The first-order valence-corrected chi connectivity index (χ1v) is 8.92. The molecule has 1 aromatic carbocycles. The van der Waals surface area contributed by atoms with Gasteiger partial charge < -0.3 is 9.47 Å². The van der Waals surface area contributed by atoms with Crippen LogP contribution < -0.4 is 4.74 Å². The summed E-state index contributed by atoms with van der Waals surface area (Å²) in [6, 6.07) is 6.52. The van der Waals surface area contributed by atoms with Gasteiger partial charge in [0.05, 0.1) is 12.2 Å². The van der Waals surface area contributed by atoms with E-state index in [1.807, 2.05) is 0 Å². The summed E-state index contributed by atoms with van der Waals surface area (Å²) in [5, 5.41) is 0. The Bertz CT molecular complexity index is 602. The molecule has 0 radical (unpaired) electrons. The highest BCUT2D eigenvalue weighted by Gasteiger charge is 2.46. The highest BCUT2D eigenvalue weighted by Crippen LogP contribution is 2.32. The number of Topliss-reactive ketones (excluding diaryl/α,β-unsaturated/α-hetero) is 1. The van der Waals surface area contributed by atoms with Gasteiger partial charge in [0.1, 0.15) is 5.75 Å². The van der Waals surface area contributed by atoms with Crippen molar-refractivity contribution in [3.8, 4) is 5.75 Å². The van der Waals surface area contributed by atoms with E-state index < -0.39 is 17.4 Å². The molecule has 138 valence electrons. The lowest BCUT2D eigenvalue weighted by Gasteiger charge is -2.27. The average Bonchev–Trinajstić information content (AvgIpc) is 2.60. The number of carbonyl (C=O) groups excluding carboxylic acids is 3. The van der Waals surface area contributed by atoms with Crippen molar-refractivity contribution in [2.75, 3.05) is 6.61 Å². The zero-order valence-electron chi connectivity index (χ0n) is 15.6. The van der Waals surface area contributed by atoms with Gasteiger partial charge in [-0.25, -0.2) is 0 Å². The zero-order valence-corrected chi connectivity index (χ0v) is 15.6. The zero-order chi connectivity index (χ0) is 18.9. The second-order valence-electron chi connectivity index (χ2n) is 6.07. The van der Waals surface area contributed by atoms with Crippen LogP contribution in [0.5, 0.6) is 5.75 Å². The minimum atomic E-state index is -1.35. The molecule has 1 rings (SSSR count). The Morgan fingerprint density at radius 2 is 1.60 bits per heavy atom. The normalized spacial score (nSPS) is 11.0. The summed E-state index contributed by atoms with van der Waals surface area (Å²) in [5.41, 5.74) is -1.04. The molecule has 0 heterocycles. The molecular weight excluding hydrogens is 320 g/mol. The lowest BCUT2D eigenvalue weighted by atomic mass is 9.82. The predicted molar refractivity (Wildman–Crippen MR) is 95.6 cm³/mol. The Morgan fingerprint density at radius 1 is 0.960 bits per heavy atom. The van der Waals surface area contributed by atoms with Crippen molar-refractivity contribution in [1.82, 2.24) is 0 Å². The van der Waals surface area contributed by atoms with Gasteiger partial charge in [0.2, 0.25) is 0 Å². The van der Waals surface area contributed by atoms with Crippen molar-refractivity contribution in [3.63, 3.8) is 0 Å². The second kappa shape index (κ2) is 9.97. The van der Waals surface area contributed by atoms with Gasteiger partial charge in [0, 0.05) is 0 Å². The van der Waals surface area contributed by atoms with Gasteiger partial charge in [0.15, 0.2) is 11.2 Å². The van der Waals surface area contributed by atoms with Crippen molar-refractivity contribution < 1.29 is 23.9 Å². The Morgan fingerprint density at radius 3 is 2.16 bits per heavy atom. The smallest absolute Gasteiger partial charge is 0.328 e. The fourth-order valence-corrected chi connectivity index (χ4v) is 2.61. The van der Waals surface area contributed by atoms with Gasteiger partial charge in [-0.05, 0) is 38.3 Å². The van der Waals surface area contributed by atoms with Crippen LogP contribution in [0.3, 0.4) is 0 Å². The molecule has 0 aromatic heterocycles. The summed E-state index contributed by atoms with van der Waals surface area (Å²) in [6.07, 6.45) is 3.31. The molecule has 5 heteroatoms. The largest absolute Gasteiger partial charge is 0.465 e. The quantitative estimate of drug-likeness (QED) is 0.207. The molecule has 0 saturated carbocycles. The highest BCUT2D eigenvalue weighted by molar-refractivity contribution is 6.02. The summed E-state index contributed by atoms with van der Waals surface area (Å²) in [6.45, 7) is 7.28. The Hall–Kier alpha value is -2.17. The van der Waals surface area contributed by atoms with Gasteiger partial charge in [0.25, 0.3) is 0 Å². The maximum Gasteiger partial charge on any atom is 0.328 e. The number of benzene rings is 1. The van der Waals surface area contributed by atoms with E-state index in [4.69, 9.17) is 9.47 Å². The van der Waals surface area contributed by atoms with Crippen LogP contribution in [0.15, 0.2) is 24.3 Å². The van der Waals surface area contributed by atoms with Crippen LogP contribution in [-0.2, 0) is 14.3 Å². The number of carbonyl (C=O) groups is 3. The average molecular weight is 348 g/mol. The Labute approximate surface area is 149 Å². The number of ketones is 1. The molecule has 5 nitrogen and oxygen atoms in total. The fraction of sp³-hybridized carbons (Fsp3) is 0.550. The third-order valence-corrected chi connectivity index (χ3v) is 4.44. The standard InChI is InChI=1S/C20H28O5/c1-5-8-11-14-24-18(22)20(6-2,7-3)19(23)25-17-13-10-9-12-16(17)15(4)21/h9-10,12-13H,5-8,11,14H2,1-4H3. The maximum atomic E-state index is 12.8.